The van der Waals surface area contributed by atoms with Crippen LogP contribution in [0.1, 0.15) is 0 Å². The third-order valence-corrected chi connectivity index (χ3v) is 6.06. The molecular formula is C4H14N4S5. The van der Waals surface area contributed by atoms with Gasteiger partial charge in [-0.3, -0.25) is 11.7 Å². The molecule has 80 valence electrons. The Labute approximate surface area is 100 Å². The molecule has 0 aliphatic rings. The van der Waals surface area contributed by atoms with Crippen LogP contribution < -0.4 is 21.3 Å². The molecule has 0 radical (unpaired) electrons. The smallest absolute Gasteiger partial charge is 0.0558 e. The highest BCUT2D eigenvalue weighted by atomic mass is 32.3. The summed E-state index contributed by atoms with van der Waals surface area (Å²) in [5.74, 6) is 10.2. The fourth-order valence-electron chi connectivity index (χ4n) is 0.371. The number of rotatable bonds is 10. The van der Waals surface area contributed by atoms with E-state index in [1.54, 1.807) is 0 Å². The molecule has 0 amide bonds. The Hall–Kier alpha value is 1.59. The zero-order valence-corrected chi connectivity index (χ0v) is 11.1. The average Bonchev–Trinajstić information content (AvgIpc) is 2.16. The van der Waals surface area contributed by atoms with E-state index >= 15 is 0 Å². The third kappa shape index (κ3) is 13.6. The van der Waals surface area contributed by atoms with E-state index in [-0.39, 0.29) is 0 Å². The average molecular weight is 279 g/mol. The highest BCUT2D eigenvalue weighted by molar-refractivity contribution is 8.27. The largest absolute Gasteiger partial charge is 0.262 e. The molecule has 4 nitrogen and oxygen atoms in total. The number of hydrazine groups is 2. The van der Waals surface area contributed by atoms with E-state index in [9.17, 15) is 0 Å². The molecule has 0 fully saturated rings. The quantitative estimate of drug-likeness (QED) is 0.155. The van der Waals surface area contributed by atoms with Crippen LogP contribution in [0.25, 0.3) is 0 Å². The Bertz CT molecular complexity index is 86.6. The van der Waals surface area contributed by atoms with Gasteiger partial charge >= 0.3 is 0 Å². The molecule has 13 heavy (non-hydrogen) atoms. The molecule has 0 saturated heterocycles. The Morgan fingerprint density at radius 3 is 1.46 bits per heavy atom. The molecule has 0 heterocycles. The first kappa shape index (κ1) is 14.6. The van der Waals surface area contributed by atoms with Gasteiger partial charge in [0.15, 0.2) is 0 Å². The first-order chi connectivity index (χ1) is 6.41. The molecule has 0 aromatic heterocycles. The molecule has 0 saturated carbocycles. The van der Waals surface area contributed by atoms with E-state index in [2.05, 4.69) is 9.66 Å². The fourth-order valence-corrected chi connectivity index (χ4v) is 5.18. The lowest BCUT2D eigenvalue weighted by molar-refractivity contribution is 1.12. The lowest BCUT2D eigenvalue weighted by Crippen LogP contribution is -2.11. The monoisotopic (exact) mass is 278 g/mol. The molecular weight excluding hydrogens is 264 g/mol. The standard InChI is InChI=1S/C4H14N4S5/c5-7-12-3-10-1-9-2-11-4-13-8-6/h7-8H,1-6H2. The number of nitrogens with one attached hydrogen (secondary N) is 2. The van der Waals surface area contributed by atoms with Crippen molar-refractivity contribution < 1.29 is 0 Å². The zero-order chi connectivity index (χ0) is 9.78. The van der Waals surface area contributed by atoms with E-state index in [0.717, 1.165) is 20.3 Å². The van der Waals surface area contributed by atoms with Gasteiger partial charge < -0.3 is 0 Å². The fraction of sp³-hybridized carbons (Fsp3) is 1.00. The first-order valence-corrected chi connectivity index (χ1v) is 8.73. The Morgan fingerprint density at radius 1 is 0.692 bits per heavy atom. The van der Waals surface area contributed by atoms with Gasteiger partial charge in [0.1, 0.15) is 0 Å². The molecule has 0 unspecified atom stereocenters. The highest BCUT2D eigenvalue weighted by Gasteiger charge is 1.91. The van der Waals surface area contributed by atoms with Crippen molar-refractivity contribution in [2.75, 3.05) is 20.3 Å². The van der Waals surface area contributed by atoms with Crippen LogP contribution in [0.4, 0.5) is 0 Å². The minimum absolute atomic E-state index is 0.993. The summed E-state index contributed by atoms with van der Waals surface area (Å²) in [5.41, 5.74) is 0. The van der Waals surface area contributed by atoms with Crippen molar-refractivity contribution in [2.45, 2.75) is 0 Å². The van der Waals surface area contributed by atoms with E-state index < -0.39 is 0 Å². The van der Waals surface area contributed by atoms with Crippen molar-refractivity contribution in [3.05, 3.63) is 0 Å². The van der Waals surface area contributed by atoms with Crippen LogP contribution >= 0.6 is 59.2 Å². The van der Waals surface area contributed by atoms with Gasteiger partial charge in [0.05, 0.1) is 10.2 Å². The summed E-state index contributed by atoms with van der Waals surface area (Å²) < 4.78 is 0. The summed E-state index contributed by atoms with van der Waals surface area (Å²) in [7, 11) is 0. The SMILES string of the molecule is NNSCSCSCSCSNN. The maximum atomic E-state index is 5.09. The van der Waals surface area contributed by atoms with Crippen LogP contribution in [0.2, 0.25) is 0 Å². The van der Waals surface area contributed by atoms with Gasteiger partial charge in [-0.15, -0.1) is 35.3 Å². The van der Waals surface area contributed by atoms with Crippen molar-refractivity contribution in [1.82, 2.24) is 9.66 Å². The molecule has 0 aromatic rings. The second-order valence-corrected chi connectivity index (χ2v) is 7.65. The Morgan fingerprint density at radius 2 is 1.08 bits per heavy atom. The van der Waals surface area contributed by atoms with Crippen molar-refractivity contribution in [3.8, 4) is 0 Å². The Balaban J connectivity index is 2.76. The maximum Gasteiger partial charge on any atom is 0.0558 e. The van der Waals surface area contributed by atoms with Gasteiger partial charge in [0.2, 0.25) is 0 Å². The molecule has 0 bridgehead atoms. The maximum absolute atomic E-state index is 5.09. The Kier molecular flexibility index (Phi) is 15.3. The molecule has 6 N–H and O–H groups in total. The number of nitrogens with two attached hydrogens (primary N) is 2. The minimum atomic E-state index is 0.993. The molecule has 0 aliphatic heterocycles. The predicted molar refractivity (Wildman–Crippen MR) is 72.1 cm³/mol. The number of thioether (sulfide) groups is 3. The summed E-state index contributed by atoms with van der Waals surface area (Å²) in [6.07, 6.45) is 0. The van der Waals surface area contributed by atoms with E-state index in [1.807, 2.05) is 35.3 Å². The predicted octanol–water partition coefficient (Wildman–Crippen LogP) is 1.24. The molecule has 0 atom stereocenters. The lowest BCUT2D eigenvalue weighted by atomic mass is 11.8. The van der Waals surface area contributed by atoms with E-state index in [4.69, 9.17) is 11.7 Å². The van der Waals surface area contributed by atoms with Gasteiger partial charge in [-0.05, 0) is 0 Å². The topological polar surface area (TPSA) is 76.1 Å². The van der Waals surface area contributed by atoms with Crippen molar-refractivity contribution in [3.63, 3.8) is 0 Å². The van der Waals surface area contributed by atoms with Gasteiger partial charge in [-0.1, -0.05) is 23.9 Å². The summed E-state index contributed by atoms with van der Waals surface area (Å²) >= 11 is 8.69. The second-order valence-electron chi connectivity index (χ2n) is 1.61. The normalized spacial score (nSPS) is 10.6. The summed E-state index contributed by atoms with van der Waals surface area (Å²) in [4.78, 5) is 5.08. The number of hydrogen-bond acceptors (Lipinski definition) is 9. The zero-order valence-electron chi connectivity index (χ0n) is 7.02. The van der Waals surface area contributed by atoms with Gasteiger partial charge in [-0.2, -0.15) is 0 Å². The van der Waals surface area contributed by atoms with Crippen LogP contribution in [-0.4, -0.2) is 20.3 Å². The van der Waals surface area contributed by atoms with Gasteiger partial charge in [0.25, 0.3) is 0 Å². The highest BCUT2D eigenvalue weighted by Crippen LogP contribution is 2.20. The van der Waals surface area contributed by atoms with Crippen LogP contribution in [0.15, 0.2) is 0 Å². The minimum Gasteiger partial charge on any atom is -0.262 e. The molecule has 9 heteroatoms. The van der Waals surface area contributed by atoms with Gasteiger partial charge in [-0.25, -0.2) is 9.66 Å². The van der Waals surface area contributed by atoms with E-state index in [0.29, 0.717) is 0 Å². The van der Waals surface area contributed by atoms with Crippen LogP contribution in [-0.2, 0) is 0 Å². The van der Waals surface area contributed by atoms with Crippen molar-refractivity contribution >= 4 is 59.2 Å². The third-order valence-electron chi connectivity index (χ3n) is 0.785. The van der Waals surface area contributed by atoms with Gasteiger partial charge in [0, 0.05) is 10.2 Å². The van der Waals surface area contributed by atoms with Crippen LogP contribution in [0, 0.1) is 0 Å². The van der Waals surface area contributed by atoms with Crippen LogP contribution in [0.5, 0.6) is 0 Å². The lowest BCUT2D eigenvalue weighted by Gasteiger charge is -2.01. The summed E-state index contributed by atoms with van der Waals surface area (Å²) in [6, 6.07) is 0. The van der Waals surface area contributed by atoms with Crippen LogP contribution in [0.3, 0.4) is 0 Å². The molecule has 0 aromatic carbocycles. The van der Waals surface area contributed by atoms with Crippen molar-refractivity contribution in [1.29, 1.82) is 0 Å². The summed E-state index contributed by atoms with van der Waals surface area (Å²) in [6.45, 7) is 0. The van der Waals surface area contributed by atoms with E-state index in [1.165, 1.54) is 23.9 Å². The second kappa shape index (κ2) is 13.6. The summed E-state index contributed by atoms with van der Waals surface area (Å²) in [5, 5.41) is 4.21. The first-order valence-electron chi connectivity index (χ1n) is 3.29. The molecule has 0 aliphatic carbocycles. The molecule has 0 rings (SSSR count). The molecule has 0 spiro atoms. The number of hydrogen-bond donors (Lipinski definition) is 4. The van der Waals surface area contributed by atoms with Crippen molar-refractivity contribution in [2.24, 2.45) is 11.7 Å².